The highest BCUT2D eigenvalue weighted by atomic mass is 15.2. The molecule has 1 aliphatic carbocycles. The molecule has 0 unspecified atom stereocenters. The van der Waals surface area contributed by atoms with Crippen molar-refractivity contribution in [1.29, 1.82) is 0 Å². The van der Waals surface area contributed by atoms with Crippen molar-refractivity contribution in [1.82, 2.24) is 44.9 Å². The lowest BCUT2D eigenvalue weighted by Gasteiger charge is -2.42. The van der Waals surface area contributed by atoms with Crippen LogP contribution in [0.2, 0.25) is 0 Å². The molecule has 0 bridgehead atoms. The molecule has 0 N–H and O–H groups in total. The third-order valence-electron chi connectivity index (χ3n) is 29.5. The molecule has 0 saturated carbocycles. The number of nitrogens with zero attached hydrogens (tertiary/aromatic N) is 12. The van der Waals surface area contributed by atoms with Gasteiger partial charge >= 0.3 is 0 Å². The van der Waals surface area contributed by atoms with Crippen LogP contribution in [-0.4, -0.2) is 44.9 Å². The normalized spacial score (nSPS) is 13.6. The number of hydrogen-bond acceptors (Lipinski definition) is 12. The summed E-state index contributed by atoms with van der Waals surface area (Å²) in [5.74, 6) is 5.81. The Morgan fingerprint density at radius 2 is 0.320 bits per heavy atom. The molecule has 12 nitrogen and oxygen atoms in total. The fourth-order valence-electron chi connectivity index (χ4n) is 21.8. The molecular formula is C135H104N12. The molecule has 6 heterocycles. The number of aromatic nitrogens is 9. The van der Waals surface area contributed by atoms with E-state index in [1.54, 1.807) is 0 Å². The molecule has 0 fully saturated rings. The van der Waals surface area contributed by atoms with Gasteiger partial charge < -0.3 is 14.7 Å². The van der Waals surface area contributed by atoms with Crippen molar-refractivity contribution in [2.45, 2.75) is 77.0 Å². The average Bonchev–Trinajstić information content (AvgIpc) is 1.68. The summed E-state index contributed by atoms with van der Waals surface area (Å²) in [4.78, 5) is 52.6. The summed E-state index contributed by atoms with van der Waals surface area (Å²) in [6, 6.07) is 170. The maximum atomic E-state index is 5.17. The van der Waals surface area contributed by atoms with E-state index in [2.05, 4.69) is 470 Å². The van der Waals surface area contributed by atoms with Gasteiger partial charge in [-0.2, -0.15) is 0 Å². The van der Waals surface area contributed by atoms with Crippen molar-refractivity contribution in [2.75, 3.05) is 14.7 Å². The zero-order chi connectivity index (χ0) is 99.5. The van der Waals surface area contributed by atoms with Crippen LogP contribution < -0.4 is 14.7 Å². The number of fused-ring (bicyclic) bond motifs is 9. The first kappa shape index (κ1) is 91.1. The van der Waals surface area contributed by atoms with Crippen LogP contribution >= 0.6 is 0 Å². The predicted molar refractivity (Wildman–Crippen MR) is 603 cm³/mol. The van der Waals surface area contributed by atoms with E-state index < -0.39 is 0 Å². The maximum Gasteiger partial charge on any atom is 0.164 e. The zero-order valence-corrected chi connectivity index (χ0v) is 83.1. The monoisotopic (exact) mass is 1890 g/mol. The van der Waals surface area contributed by atoms with Crippen LogP contribution in [0.1, 0.15) is 99.9 Å². The molecule has 19 aromatic carbocycles. The van der Waals surface area contributed by atoms with Gasteiger partial charge in [0.15, 0.2) is 52.4 Å². The molecule has 26 rings (SSSR count). The molecule has 147 heavy (non-hydrogen) atoms. The van der Waals surface area contributed by atoms with Gasteiger partial charge in [0.05, 0.1) is 34.1 Å². The van der Waals surface area contributed by atoms with Gasteiger partial charge in [0.1, 0.15) is 0 Å². The summed E-state index contributed by atoms with van der Waals surface area (Å²) >= 11 is 0. The van der Waals surface area contributed by atoms with E-state index in [-0.39, 0.29) is 21.7 Å². The van der Waals surface area contributed by atoms with Gasteiger partial charge in [0, 0.05) is 88.8 Å². The topological polar surface area (TPSA) is 126 Å². The van der Waals surface area contributed by atoms with Crippen LogP contribution in [0.5, 0.6) is 0 Å². The molecule has 12 heteroatoms. The maximum absolute atomic E-state index is 5.17. The minimum absolute atomic E-state index is 0.101. The number of benzene rings is 19. The quantitative estimate of drug-likeness (QED) is 0.0970. The largest absolute Gasteiger partial charge is 0.310 e. The van der Waals surface area contributed by atoms with Crippen molar-refractivity contribution in [2.24, 2.45) is 0 Å². The van der Waals surface area contributed by atoms with Crippen molar-refractivity contribution >= 4 is 51.2 Å². The summed E-state index contributed by atoms with van der Waals surface area (Å²) in [6.07, 6.45) is 0. The van der Waals surface area contributed by atoms with Crippen LogP contribution in [-0.2, 0) is 21.7 Å². The molecular weight excluding hydrogens is 1790 g/mol. The van der Waals surface area contributed by atoms with E-state index in [1.807, 2.05) is 84.9 Å². The highest BCUT2D eigenvalue weighted by Crippen LogP contribution is 2.57. The number of para-hydroxylation sites is 6. The second-order valence-electron chi connectivity index (χ2n) is 40.1. The van der Waals surface area contributed by atoms with Gasteiger partial charge in [0.2, 0.25) is 0 Å². The van der Waals surface area contributed by atoms with Crippen molar-refractivity contribution in [3.05, 3.63) is 530 Å². The number of hydrogen-bond donors (Lipinski definition) is 0. The lowest BCUT2D eigenvalue weighted by Crippen LogP contribution is -2.30. The van der Waals surface area contributed by atoms with Crippen LogP contribution in [0.15, 0.2) is 485 Å². The van der Waals surface area contributed by atoms with Crippen LogP contribution in [0.3, 0.4) is 0 Å². The lowest BCUT2D eigenvalue weighted by atomic mass is 9.73. The highest BCUT2D eigenvalue weighted by Gasteiger charge is 2.41. The molecule has 3 aromatic heterocycles. The molecule has 704 valence electrons. The summed E-state index contributed by atoms with van der Waals surface area (Å²) in [7, 11) is 0. The molecule has 22 aromatic rings. The Balaban J connectivity index is 0.000000118. The van der Waals surface area contributed by atoms with Crippen molar-refractivity contribution in [3.8, 4) is 147 Å². The molecule has 0 atom stereocenters. The van der Waals surface area contributed by atoms with E-state index in [4.69, 9.17) is 44.9 Å². The lowest BCUT2D eigenvalue weighted by molar-refractivity contribution is 0.632. The third-order valence-corrected chi connectivity index (χ3v) is 29.5. The SMILES string of the molecule is CC1(C)c2ccccc2-c2ccc(-c3nc(-c4ccccc4)nc(-c4ccc(N5c6ccccc6C(C)(C)c6ccccc65)cc4)n3)cc21.CC1(C)c2ccccc2N(c2ccc(-c3nc(-c4ccccc4)nc(-c4cc(-c5ccccc5)cc(-c5ccccc5)c4)n3)cc2)c2ccccc21.CC1(C)c2ccccc2N(c2ccc(-c3nc(-c4ccccc4)nc(-c4cccc(-c5ccccc5)c4)n3)cc2)c2ccccc21. The van der Waals surface area contributed by atoms with E-state index in [0.717, 1.165) is 101 Å². The Labute approximate surface area is 858 Å². The second-order valence-corrected chi connectivity index (χ2v) is 40.1. The van der Waals surface area contributed by atoms with Gasteiger partial charge in [-0.25, -0.2) is 44.9 Å². The first-order valence-corrected chi connectivity index (χ1v) is 50.3. The van der Waals surface area contributed by atoms with Gasteiger partial charge in [0.25, 0.3) is 0 Å². The van der Waals surface area contributed by atoms with E-state index in [0.29, 0.717) is 52.4 Å². The van der Waals surface area contributed by atoms with Crippen LogP contribution in [0, 0.1) is 0 Å². The Kier molecular flexibility index (Phi) is 23.4. The smallest absolute Gasteiger partial charge is 0.164 e. The molecule has 3 aliphatic heterocycles. The van der Waals surface area contributed by atoms with Crippen molar-refractivity contribution in [3.63, 3.8) is 0 Å². The second kappa shape index (κ2) is 37.8. The summed E-state index contributed by atoms with van der Waals surface area (Å²) in [6.45, 7) is 18.5. The summed E-state index contributed by atoms with van der Waals surface area (Å²) < 4.78 is 0. The zero-order valence-electron chi connectivity index (χ0n) is 83.1. The molecule has 0 spiro atoms. The number of rotatable bonds is 15. The Hall–Kier alpha value is -18.4. The van der Waals surface area contributed by atoms with Gasteiger partial charge in [-0.05, 0) is 229 Å². The van der Waals surface area contributed by atoms with E-state index in [1.165, 1.54) is 89.8 Å². The Morgan fingerprint density at radius 1 is 0.129 bits per heavy atom. The minimum Gasteiger partial charge on any atom is -0.310 e. The predicted octanol–water partition coefficient (Wildman–Crippen LogP) is 34.3. The number of anilines is 9. The standard InChI is InChI=1S/C48H36N4.C45H36N4.C42H32N4/c1-48(2)41-22-12-14-24-43(41)52(44-25-15-13-23-42(44)48)40-28-26-36(27-29-40)46-49-45(35-20-10-5-11-21-35)50-47(51-46)39-31-37(33-16-6-3-7-17-33)30-38(32-39)34-18-8-4-9-19-34;1-44(2)35-17-9-8-16-33(35)34-27-24-31(28-38(34)44)43-47-41(29-14-6-5-7-15-29)46-42(48-43)30-22-25-32(26-23-30)49-39-20-12-10-18-36(39)45(3,4)37-19-11-13-21-40(37)49;1-42(2)35-20-9-11-22-37(35)46(38-23-12-10-21-36(38)42)34-26-24-31(25-27-34)40-43-39(30-16-7-4-8-17-30)44-41(45-40)33-19-13-18-32(28-33)29-14-5-3-6-15-29/h3-32H,1-2H3;5-28H,1-4H3;3-28H,1-2H3. The Morgan fingerprint density at radius 3 is 0.626 bits per heavy atom. The molecule has 4 aliphatic rings. The first-order valence-electron chi connectivity index (χ1n) is 50.3. The van der Waals surface area contributed by atoms with E-state index >= 15 is 0 Å². The minimum atomic E-state index is -0.114. The van der Waals surface area contributed by atoms with Gasteiger partial charge in [-0.15, -0.1) is 0 Å². The summed E-state index contributed by atoms with van der Waals surface area (Å²) in [5, 5.41) is 0. The Bertz CT molecular complexity index is 8490. The van der Waals surface area contributed by atoms with Crippen molar-refractivity contribution < 1.29 is 0 Å². The van der Waals surface area contributed by atoms with Crippen LogP contribution in [0.25, 0.3) is 147 Å². The highest BCUT2D eigenvalue weighted by molar-refractivity contribution is 5.92. The molecule has 0 saturated heterocycles. The van der Waals surface area contributed by atoms with Gasteiger partial charge in [-0.3, -0.25) is 0 Å². The van der Waals surface area contributed by atoms with Crippen LogP contribution in [0.4, 0.5) is 51.2 Å². The fraction of sp³-hybridized carbons (Fsp3) is 0.0889. The van der Waals surface area contributed by atoms with E-state index in [9.17, 15) is 0 Å². The summed E-state index contributed by atoms with van der Waals surface area (Å²) in [5.41, 5.74) is 38.4. The third kappa shape index (κ3) is 17.1. The average molecular weight is 1890 g/mol. The molecule has 0 radical (unpaired) electrons. The molecule has 0 amide bonds. The fourth-order valence-corrected chi connectivity index (χ4v) is 21.8. The first-order chi connectivity index (χ1) is 71.9. The van der Waals surface area contributed by atoms with Gasteiger partial charge in [-0.1, -0.05) is 401 Å².